The Bertz CT molecular complexity index is 919. The smallest absolute Gasteiger partial charge is 0.211 e. The van der Waals surface area contributed by atoms with Crippen LogP contribution in [0.5, 0.6) is 11.5 Å². The SMILES string of the molecule is [2H]OC1([2H])C=C[C@H]2[C@@H]3N(C([2H])([2H])[2H])CC[C@@]24c2c(ccc(OC)c2OC14)C3([2H])[2H]. The van der Waals surface area contributed by atoms with Crippen molar-refractivity contribution in [3.8, 4) is 11.5 Å². The maximum Gasteiger partial charge on any atom is 0.211 e. The summed E-state index contributed by atoms with van der Waals surface area (Å²) < 4.78 is 69.6. The van der Waals surface area contributed by atoms with Gasteiger partial charge in [-0.2, -0.15) is 0 Å². The van der Waals surface area contributed by atoms with E-state index in [1.54, 1.807) is 18.2 Å². The lowest BCUT2D eigenvalue weighted by Gasteiger charge is -2.56. The zero-order chi connectivity index (χ0) is 21.0. The summed E-state index contributed by atoms with van der Waals surface area (Å²) in [5.41, 5.74) is 0.111. The summed E-state index contributed by atoms with van der Waals surface area (Å²) in [7, 11) is 1.49. The number of hydrogen-bond acceptors (Lipinski definition) is 4. The van der Waals surface area contributed by atoms with Crippen molar-refractivity contribution < 1.29 is 22.8 Å². The highest BCUT2D eigenvalue weighted by Gasteiger charge is 2.64. The van der Waals surface area contributed by atoms with Crippen LogP contribution in [0.1, 0.15) is 25.8 Å². The molecular formula is C18H21NO3. The van der Waals surface area contributed by atoms with E-state index in [9.17, 15) is 0 Å². The number of nitrogens with zero attached hydrogens (tertiary/aromatic N) is 1. The third-order valence-corrected chi connectivity index (χ3v) is 5.58. The average molecular weight is 306 g/mol. The second-order valence-electron chi connectivity index (χ2n) is 6.38. The summed E-state index contributed by atoms with van der Waals surface area (Å²) in [6, 6.07) is 2.27. The summed E-state index contributed by atoms with van der Waals surface area (Å²) in [5.74, 6) is 0.235. The molecule has 0 radical (unpaired) electrons. The van der Waals surface area contributed by atoms with Gasteiger partial charge in [0.15, 0.2) is 11.5 Å². The van der Waals surface area contributed by atoms with Crippen LogP contribution in [-0.4, -0.2) is 50.3 Å². The molecule has 2 aliphatic carbocycles. The summed E-state index contributed by atoms with van der Waals surface area (Å²) in [4.78, 5) is 1.26. The molecule has 0 aromatic heterocycles. The number of piperidine rings is 1. The Morgan fingerprint density at radius 2 is 2.55 bits per heavy atom. The van der Waals surface area contributed by atoms with E-state index in [-0.39, 0.29) is 6.54 Å². The second kappa shape index (κ2) is 4.06. The number of aliphatic hydroxyl groups is 1. The Kier molecular flexibility index (Phi) is 1.45. The van der Waals surface area contributed by atoms with Gasteiger partial charge in [0.1, 0.15) is 12.2 Å². The quantitative estimate of drug-likeness (QED) is 0.841. The Labute approximate surface area is 140 Å². The van der Waals surface area contributed by atoms with Crippen molar-refractivity contribution in [3.63, 3.8) is 0 Å². The molecule has 2 bridgehead atoms. The average Bonchev–Trinajstić information content (AvgIpc) is 3.01. The summed E-state index contributed by atoms with van der Waals surface area (Å²) in [6.45, 7) is -2.34. The molecule has 4 heteroatoms. The maximum absolute atomic E-state index is 8.94. The fourth-order valence-corrected chi connectivity index (χ4v) is 4.66. The van der Waals surface area contributed by atoms with Crippen LogP contribution < -0.4 is 9.47 Å². The highest BCUT2D eigenvalue weighted by atomic mass is 16.5. The van der Waals surface area contributed by atoms with Gasteiger partial charge in [-0.15, -0.1) is 0 Å². The molecule has 1 spiro atoms. The second-order valence-corrected chi connectivity index (χ2v) is 6.38. The first kappa shape index (κ1) is 7.84. The van der Waals surface area contributed by atoms with Crippen LogP contribution in [-0.2, 0) is 11.8 Å². The van der Waals surface area contributed by atoms with Crippen molar-refractivity contribution in [1.29, 1.82) is 1.43 Å². The molecule has 1 fully saturated rings. The van der Waals surface area contributed by atoms with E-state index < -0.39 is 42.9 Å². The van der Waals surface area contributed by atoms with Crippen molar-refractivity contribution in [2.75, 3.05) is 20.6 Å². The van der Waals surface area contributed by atoms with E-state index in [1.807, 2.05) is 0 Å². The van der Waals surface area contributed by atoms with E-state index in [4.69, 9.17) is 24.2 Å². The lowest BCUT2D eigenvalue weighted by molar-refractivity contribution is -0.0453. The first-order chi connectivity index (χ1) is 13.5. The molecule has 116 valence electrons. The molecule has 2 unspecified atom stereocenters. The normalized spacial score (nSPS) is 51.9. The Balaban J connectivity index is 1.85. The third-order valence-electron chi connectivity index (χ3n) is 5.58. The standard InChI is InChI=1S/C18H21NO3/c1-19-8-7-18-11-4-5-13(20)17(18)22-16-14(21-2)6-3-10(15(16)18)9-12(11)19/h3-6,11-13,17,20H,7-9H2,1-2H3/t11-,12+,13?,17?,18-/m0/s1/i1D3,9D2,13D,20D. The first-order valence-corrected chi connectivity index (χ1v) is 7.51. The van der Waals surface area contributed by atoms with Crippen molar-refractivity contribution >= 4 is 0 Å². The molecule has 2 heterocycles. The third kappa shape index (κ3) is 1.28. The molecule has 4 nitrogen and oxygen atoms in total. The zero-order valence-electron chi connectivity index (χ0n) is 19.1. The summed E-state index contributed by atoms with van der Waals surface area (Å²) in [5, 5.41) is 4.79. The molecule has 1 N–H and O–H groups in total. The van der Waals surface area contributed by atoms with E-state index in [0.717, 1.165) is 0 Å². The highest BCUT2D eigenvalue weighted by molar-refractivity contribution is 5.62. The first-order valence-electron chi connectivity index (χ1n) is 10.9. The number of hydrogen-bond donors (Lipinski definition) is 1. The minimum atomic E-state index is -2.46. The van der Waals surface area contributed by atoms with E-state index in [2.05, 4.69) is 0 Å². The summed E-state index contributed by atoms with van der Waals surface area (Å²) >= 11 is 0. The molecule has 4 aliphatic rings. The molecule has 5 rings (SSSR count). The van der Waals surface area contributed by atoms with Crippen molar-refractivity contribution in [3.05, 3.63) is 35.4 Å². The van der Waals surface area contributed by atoms with E-state index >= 15 is 0 Å². The van der Waals surface area contributed by atoms with Gasteiger partial charge in [0.25, 0.3) is 0 Å². The van der Waals surface area contributed by atoms with Crippen LogP contribution >= 0.6 is 0 Å². The Hall–Kier alpha value is -1.52. The van der Waals surface area contributed by atoms with Crippen molar-refractivity contribution in [1.82, 2.24) is 4.90 Å². The van der Waals surface area contributed by atoms with Crippen LogP contribution in [0.25, 0.3) is 0 Å². The number of methoxy groups -OCH3 is 1. The van der Waals surface area contributed by atoms with Gasteiger partial charge in [-0.05, 0) is 37.9 Å². The largest absolute Gasteiger partial charge is 0.493 e. The molecular weight excluding hydrogens is 278 g/mol. The zero-order valence-corrected chi connectivity index (χ0v) is 12.1. The summed E-state index contributed by atoms with van der Waals surface area (Å²) in [6.07, 6.45) is -1.29. The number of ether oxygens (including phenoxy) is 2. The number of likely N-dealkylation sites (tertiary alicyclic amines) is 1. The van der Waals surface area contributed by atoms with Gasteiger partial charge in [0.05, 0.1) is 8.48 Å². The molecule has 0 saturated carbocycles. The Morgan fingerprint density at radius 3 is 3.36 bits per heavy atom. The van der Waals surface area contributed by atoms with Crippen LogP contribution in [0.2, 0.25) is 0 Å². The fourth-order valence-electron chi connectivity index (χ4n) is 4.66. The van der Waals surface area contributed by atoms with Gasteiger partial charge in [-0.1, -0.05) is 18.2 Å². The number of rotatable bonds is 2. The predicted octanol–water partition coefficient (Wildman–Crippen LogP) is 1.50. The fraction of sp³-hybridized carbons (Fsp3) is 0.556. The molecule has 22 heavy (non-hydrogen) atoms. The van der Waals surface area contributed by atoms with Gasteiger partial charge in [0.2, 0.25) is 1.43 Å². The lowest BCUT2D eigenvalue weighted by Crippen LogP contribution is -2.64. The Morgan fingerprint density at radius 1 is 1.59 bits per heavy atom. The topological polar surface area (TPSA) is 41.9 Å². The minimum absolute atomic E-state index is 0.120. The lowest BCUT2D eigenvalue weighted by atomic mass is 9.53. The molecule has 1 aromatic carbocycles. The molecule has 1 saturated heterocycles. The van der Waals surface area contributed by atoms with Gasteiger partial charge < -0.3 is 19.5 Å². The van der Waals surface area contributed by atoms with Crippen LogP contribution in [0.15, 0.2) is 24.3 Å². The predicted molar refractivity (Wildman–Crippen MR) is 82.5 cm³/mol. The maximum atomic E-state index is 8.94. The monoisotopic (exact) mass is 306 g/mol. The van der Waals surface area contributed by atoms with Crippen molar-refractivity contribution in [2.45, 2.75) is 36.4 Å². The molecule has 1 aromatic rings. The molecule has 2 aliphatic heterocycles. The molecule has 0 amide bonds. The number of benzene rings is 1. The van der Waals surface area contributed by atoms with Gasteiger partial charge >= 0.3 is 0 Å². The highest BCUT2D eigenvalue weighted by Crippen LogP contribution is 2.62. The minimum Gasteiger partial charge on any atom is -0.493 e. The van der Waals surface area contributed by atoms with Gasteiger partial charge in [0, 0.05) is 29.8 Å². The van der Waals surface area contributed by atoms with Crippen molar-refractivity contribution in [2.24, 2.45) is 5.92 Å². The molecule has 5 atom stereocenters. The van der Waals surface area contributed by atoms with Crippen LogP contribution in [0, 0.1) is 5.92 Å². The van der Waals surface area contributed by atoms with Crippen LogP contribution in [0.4, 0.5) is 0 Å². The number of likely N-dealkylation sites (N-methyl/N-ethyl adjacent to an activating group) is 1. The van der Waals surface area contributed by atoms with E-state index in [1.165, 1.54) is 18.1 Å². The van der Waals surface area contributed by atoms with Crippen LogP contribution in [0.3, 0.4) is 0 Å². The van der Waals surface area contributed by atoms with Gasteiger partial charge in [-0.25, -0.2) is 0 Å². The van der Waals surface area contributed by atoms with Gasteiger partial charge in [-0.3, -0.25) is 0 Å². The van der Waals surface area contributed by atoms with E-state index in [0.29, 0.717) is 29.0 Å².